The summed E-state index contributed by atoms with van der Waals surface area (Å²) in [6.45, 7) is -0.0504. The zero-order chi connectivity index (χ0) is 20.1. The lowest BCUT2D eigenvalue weighted by Crippen LogP contribution is -2.30. The molecule has 0 aliphatic heterocycles. The lowest BCUT2D eigenvalue weighted by Gasteiger charge is -2.25. The average Bonchev–Trinajstić information content (AvgIpc) is 2.73. The quantitative estimate of drug-likeness (QED) is 0.443. The van der Waals surface area contributed by atoms with Crippen molar-refractivity contribution in [3.8, 4) is 5.75 Å². The Morgan fingerprint density at radius 2 is 1.64 bits per heavy atom. The second-order valence-corrected chi connectivity index (χ2v) is 7.81. The summed E-state index contributed by atoms with van der Waals surface area (Å²) in [6.07, 6.45) is 0. The molecule has 0 saturated heterocycles. The van der Waals surface area contributed by atoms with E-state index in [2.05, 4.69) is 0 Å². The number of nitro benzene ring substituents is 1. The first-order chi connectivity index (χ1) is 13.4. The van der Waals surface area contributed by atoms with Crippen molar-refractivity contribution < 1.29 is 18.1 Å². The Morgan fingerprint density at radius 1 is 0.964 bits per heavy atom. The summed E-state index contributed by atoms with van der Waals surface area (Å²) in [4.78, 5) is 10.7. The molecule has 0 saturated carbocycles. The molecule has 0 atom stereocenters. The summed E-state index contributed by atoms with van der Waals surface area (Å²) in [7, 11) is -2.36. The van der Waals surface area contributed by atoms with Crippen LogP contribution < -0.4 is 9.04 Å². The van der Waals surface area contributed by atoms with Crippen molar-refractivity contribution >= 4 is 21.4 Å². The number of methoxy groups -OCH3 is 1. The molecule has 0 heterocycles. The summed E-state index contributed by atoms with van der Waals surface area (Å²) in [5, 5.41) is 11.1. The third-order valence-corrected chi connectivity index (χ3v) is 5.93. The lowest BCUT2D eigenvalue weighted by molar-refractivity contribution is -0.384. The lowest BCUT2D eigenvalue weighted by atomic mass is 10.2. The minimum Gasteiger partial charge on any atom is -0.497 e. The van der Waals surface area contributed by atoms with E-state index in [1.165, 1.54) is 41.7 Å². The smallest absolute Gasteiger partial charge is 0.269 e. The molecule has 0 spiro atoms. The summed E-state index contributed by atoms with van der Waals surface area (Å²) in [5.74, 6) is 0.594. The zero-order valence-electron chi connectivity index (χ0n) is 15.1. The van der Waals surface area contributed by atoms with Crippen molar-refractivity contribution in [1.29, 1.82) is 0 Å². The van der Waals surface area contributed by atoms with Crippen molar-refractivity contribution in [3.05, 3.63) is 94.5 Å². The number of ether oxygens (including phenoxy) is 1. The molecule has 3 rings (SSSR count). The highest BCUT2D eigenvalue weighted by Gasteiger charge is 2.25. The van der Waals surface area contributed by atoms with E-state index in [1.54, 1.807) is 48.5 Å². The van der Waals surface area contributed by atoms with Crippen LogP contribution >= 0.6 is 0 Å². The van der Waals surface area contributed by atoms with Gasteiger partial charge < -0.3 is 4.74 Å². The highest BCUT2D eigenvalue weighted by atomic mass is 32.2. The molecule has 3 aromatic carbocycles. The molecule has 8 heteroatoms. The third-order valence-electron chi connectivity index (χ3n) is 4.14. The van der Waals surface area contributed by atoms with E-state index in [-0.39, 0.29) is 17.1 Å². The van der Waals surface area contributed by atoms with Crippen molar-refractivity contribution in [2.75, 3.05) is 11.4 Å². The van der Waals surface area contributed by atoms with Gasteiger partial charge in [-0.2, -0.15) is 0 Å². The van der Waals surface area contributed by atoms with Crippen LogP contribution in [-0.4, -0.2) is 20.5 Å². The SMILES string of the molecule is COc1ccc(N(Cc2cccc([N+](=O)[O-])c2)S(=O)(=O)c2ccccc2)cc1. The van der Waals surface area contributed by atoms with E-state index < -0.39 is 14.9 Å². The molecule has 3 aromatic rings. The molecular weight excluding hydrogens is 380 g/mol. The summed E-state index contributed by atoms with van der Waals surface area (Å²) < 4.78 is 32.9. The van der Waals surface area contributed by atoms with Gasteiger partial charge in [0, 0.05) is 12.1 Å². The van der Waals surface area contributed by atoms with Gasteiger partial charge in [0.1, 0.15) is 5.75 Å². The second kappa shape index (κ2) is 8.10. The normalized spacial score (nSPS) is 11.0. The van der Waals surface area contributed by atoms with Crippen molar-refractivity contribution in [1.82, 2.24) is 0 Å². The zero-order valence-corrected chi connectivity index (χ0v) is 15.9. The van der Waals surface area contributed by atoms with Crippen LogP contribution in [0.4, 0.5) is 11.4 Å². The van der Waals surface area contributed by atoms with Crippen LogP contribution in [0.5, 0.6) is 5.75 Å². The van der Waals surface area contributed by atoms with Crippen molar-refractivity contribution in [2.45, 2.75) is 11.4 Å². The molecule has 0 bridgehead atoms. The summed E-state index contributed by atoms with van der Waals surface area (Å²) >= 11 is 0. The fraction of sp³-hybridized carbons (Fsp3) is 0.100. The maximum absolute atomic E-state index is 13.3. The molecule has 0 aromatic heterocycles. The first-order valence-corrected chi connectivity index (χ1v) is 9.81. The number of hydrogen-bond donors (Lipinski definition) is 0. The Labute approximate surface area is 163 Å². The molecule has 28 heavy (non-hydrogen) atoms. The van der Waals surface area contributed by atoms with E-state index in [0.717, 1.165) is 0 Å². The van der Waals surface area contributed by atoms with E-state index >= 15 is 0 Å². The third kappa shape index (κ3) is 4.12. The van der Waals surface area contributed by atoms with Crippen molar-refractivity contribution in [3.63, 3.8) is 0 Å². The van der Waals surface area contributed by atoms with Crippen LogP contribution in [0, 0.1) is 10.1 Å². The van der Waals surface area contributed by atoms with E-state index in [4.69, 9.17) is 4.74 Å². The number of nitro groups is 1. The van der Waals surface area contributed by atoms with Gasteiger partial charge in [-0.1, -0.05) is 30.3 Å². The van der Waals surface area contributed by atoms with Crippen LogP contribution in [0.2, 0.25) is 0 Å². The second-order valence-electron chi connectivity index (χ2n) is 5.95. The van der Waals surface area contributed by atoms with Crippen molar-refractivity contribution in [2.24, 2.45) is 0 Å². The van der Waals surface area contributed by atoms with Gasteiger partial charge in [0.2, 0.25) is 0 Å². The first kappa shape index (κ1) is 19.4. The number of nitrogens with zero attached hydrogens (tertiary/aromatic N) is 2. The standard InChI is InChI=1S/C20H18N2O5S/c1-27-19-12-10-17(11-13-19)21(28(25,26)20-8-3-2-4-9-20)15-16-6-5-7-18(14-16)22(23)24/h2-14H,15H2,1H3. The Morgan fingerprint density at radius 3 is 2.25 bits per heavy atom. The molecule has 0 aliphatic carbocycles. The summed E-state index contributed by atoms with van der Waals surface area (Å²) in [6, 6.07) is 20.6. The maximum atomic E-state index is 13.3. The number of non-ortho nitro benzene ring substituents is 1. The van der Waals surface area contributed by atoms with E-state index in [9.17, 15) is 18.5 Å². The minimum absolute atomic E-state index is 0.0504. The Balaban J connectivity index is 2.06. The van der Waals surface area contributed by atoms with Crippen LogP contribution in [-0.2, 0) is 16.6 Å². The van der Waals surface area contributed by atoms with Crippen LogP contribution in [0.3, 0.4) is 0 Å². The molecule has 0 radical (unpaired) electrons. The van der Waals surface area contributed by atoms with Gasteiger partial charge in [0.15, 0.2) is 0 Å². The van der Waals surface area contributed by atoms with E-state index in [1.807, 2.05) is 0 Å². The highest BCUT2D eigenvalue weighted by molar-refractivity contribution is 7.92. The van der Waals surface area contributed by atoms with Crippen LogP contribution in [0.25, 0.3) is 0 Å². The number of anilines is 1. The predicted octanol–water partition coefficient (Wildman–Crippen LogP) is 4.00. The predicted molar refractivity (Wildman–Crippen MR) is 106 cm³/mol. The molecular formula is C20H18N2O5S. The minimum atomic E-state index is -3.88. The van der Waals surface area contributed by atoms with Crippen LogP contribution in [0.1, 0.15) is 5.56 Å². The Hall–Kier alpha value is -3.39. The number of rotatable bonds is 7. The average molecular weight is 398 g/mol. The number of hydrogen-bond acceptors (Lipinski definition) is 5. The van der Waals surface area contributed by atoms with Gasteiger partial charge in [-0.15, -0.1) is 0 Å². The molecule has 0 N–H and O–H groups in total. The van der Waals surface area contributed by atoms with Gasteiger partial charge in [0.25, 0.3) is 15.7 Å². The van der Waals surface area contributed by atoms with Gasteiger partial charge in [-0.05, 0) is 42.0 Å². The highest BCUT2D eigenvalue weighted by Crippen LogP contribution is 2.28. The van der Waals surface area contributed by atoms with Crippen LogP contribution in [0.15, 0.2) is 83.8 Å². The number of sulfonamides is 1. The molecule has 0 fully saturated rings. The topological polar surface area (TPSA) is 89.8 Å². The molecule has 7 nitrogen and oxygen atoms in total. The molecule has 144 valence electrons. The van der Waals surface area contributed by atoms with Gasteiger partial charge >= 0.3 is 0 Å². The van der Waals surface area contributed by atoms with Gasteiger partial charge in [-0.25, -0.2) is 8.42 Å². The molecule has 0 aliphatic rings. The molecule has 0 amide bonds. The van der Waals surface area contributed by atoms with Gasteiger partial charge in [-0.3, -0.25) is 14.4 Å². The Bertz CT molecular complexity index is 1070. The number of benzene rings is 3. The summed E-state index contributed by atoms with van der Waals surface area (Å²) in [5.41, 5.74) is 0.838. The fourth-order valence-corrected chi connectivity index (χ4v) is 4.19. The van der Waals surface area contributed by atoms with E-state index in [0.29, 0.717) is 17.0 Å². The maximum Gasteiger partial charge on any atom is 0.269 e. The molecule has 0 unspecified atom stereocenters. The van der Waals surface area contributed by atoms with Gasteiger partial charge in [0.05, 0.1) is 29.2 Å². The first-order valence-electron chi connectivity index (χ1n) is 8.37. The fourth-order valence-electron chi connectivity index (χ4n) is 2.72. The Kier molecular flexibility index (Phi) is 5.60. The monoisotopic (exact) mass is 398 g/mol. The largest absolute Gasteiger partial charge is 0.497 e.